The second-order valence-electron chi connectivity index (χ2n) is 5.67. The zero-order chi connectivity index (χ0) is 16.1. The Labute approximate surface area is 136 Å². The second kappa shape index (κ2) is 6.67. The van der Waals surface area contributed by atoms with Crippen LogP contribution in [0.3, 0.4) is 0 Å². The van der Waals surface area contributed by atoms with Gasteiger partial charge in [-0.25, -0.2) is 0 Å². The van der Waals surface area contributed by atoms with Crippen LogP contribution in [-0.4, -0.2) is 18.5 Å². The molecule has 1 atom stereocenters. The van der Waals surface area contributed by atoms with E-state index in [1.807, 2.05) is 66.6 Å². The molecule has 118 valence electrons. The van der Waals surface area contributed by atoms with Crippen molar-refractivity contribution in [3.63, 3.8) is 0 Å². The van der Waals surface area contributed by atoms with E-state index in [0.717, 1.165) is 30.9 Å². The van der Waals surface area contributed by atoms with Gasteiger partial charge in [-0.05, 0) is 36.8 Å². The summed E-state index contributed by atoms with van der Waals surface area (Å²) >= 11 is 0. The molecule has 0 aromatic heterocycles. The summed E-state index contributed by atoms with van der Waals surface area (Å²) < 4.78 is 5.18. The first kappa shape index (κ1) is 15.3. The number of nitrogens with zero attached hydrogens (tertiary/aromatic N) is 1. The Balaban J connectivity index is 0.000000162. The third-order valence-corrected chi connectivity index (χ3v) is 3.93. The number of hydrogen-bond donors (Lipinski definition) is 1. The molecule has 23 heavy (non-hydrogen) atoms. The Morgan fingerprint density at radius 2 is 1.87 bits per heavy atom. The van der Waals surface area contributed by atoms with Crippen molar-refractivity contribution < 1.29 is 9.53 Å². The minimum atomic E-state index is -0.643. The van der Waals surface area contributed by atoms with E-state index in [4.69, 9.17) is 4.74 Å². The molecule has 0 saturated heterocycles. The van der Waals surface area contributed by atoms with E-state index in [1.54, 1.807) is 0 Å². The molecule has 2 aromatic rings. The number of nitrogens with one attached hydrogen (secondary N) is 1. The minimum Gasteiger partial charge on any atom is -0.489 e. The lowest BCUT2D eigenvalue weighted by atomic mass is 10.1. The first-order valence-electron chi connectivity index (χ1n) is 7.65. The van der Waals surface area contributed by atoms with Gasteiger partial charge in [0.15, 0.2) is 6.29 Å². The van der Waals surface area contributed by atoms with E-state index >= 15 is 0 Å². The van der Waals surface area contributed by atoms with E-state index in [0.29, 0.717) is 0 Å². The van der Waals surface area contributed by atoms with E-state index in [2.05, 4.69) is 17.4 Å². The molecular weight excluding hydrogens is 288 g/mol. The van der Waals surface area contributed by atoms with Crippen molar-refractivity contribution in [2.24, 2.45) is 0 Å². The number of aldehydes is 1. The van der Waals surface area contributed by atoms with E-state index in [1.165, 1.54) is 5.56 Å². The summed E-state index contributed by atoms with van der Waals surface area (Å²) in [6.45, 7) is 3.36. The molecule has 5 rings (SSSR count). The number of carbonyl (C=O) groups is 1. The summed E-state index contributed by atoms with van der Waals surface area (Å²) in [6.07, 6.45) is 4.88. The first-order chi connectivity index (χ1) is 11.2. The molecule has 3 heterocycles. The predicted octanol–water partition coefficient (Wildman–Crippen LogP) is 3.10. The molecule has 1 unspecified atom stereocenters. The van der Waals surface area contributed by atoms with Gasteiger partial charge in [0, 0.05) is 18.4 Å². The van der Waals surface area contributed by atoms with Crippen molar-refractivity contribution in [3.8, 4) is 5.75 Å². The SMILES string of the molecule is CC1(C=O)NCC=CN1c1ccccc1.c1cc2ccc1CO2. The number of carbonyl (C=O) groups excluding carboxylic acids is 1. The third-order valence-electron chi connectivity index (χ3n) is 3.93. The van der Waals surface area contributed by atoms with Crippen LogP contribution in [0, 0.1) is 0 Å². The molecule has 4 heteroatoms. The Morgan fingerprint density at radius 1 is 1.13 bits per heavy atom. The molecule has 0 amide bonds. The van der Waals surface area contributed by atoms with Gasteiger partial charge >= 0.3 is 0 Å². The molecule has 0 spiro atoms. The molecule has 0 radical (unpaired) electrons. The monoisotopic (exact) mass is 308 g/mol. The lowest BCUT2D eigenvalue weighted by Crippen LogP contribution is -2.58. The topological polar surface area (TPSA) is 41.6 Å². The van der Waals surface area contributed by atoms with Crippen LogP contribution in [0.25, 0.3) is 0 Å². The quantitative estimate of drug-likeness (QED) is 0.866. The van der Waals surface area contributed by atoms with Crippen LogP contribution in [0.5, 0.6) is 5.75 Å². The highest BCUT2D eigenvalue weighted by molar-refractivity contribution is 5.73. The van der Waals surface area contributed by atoms with Crippen LogP contribution in [0.4, 0.5) is 5.69 Å². The maximum atomic E-state index is 11.1. The summed E-state index contributed by atoms with van der Waals surface area (Å²) in [6, 6.07) is 18.0. The van der Waals surface area contributed by atoms with E-state index in [9.17, 15) is 4.79 Å². The van der Waals surface area contributed by atoms with Crippen LogP contribution in [0.15, 0.2) is 66.9 Å². The Kier molecular flexibility index (Phi) is 4.44. The highest BCUT2D eigenvalue weighted by Gasteiger charge is 2.31. The zero-order valence-electron chi connectivity index (χ0n) is 13.1. The fourth-order valence-corrected chi connectivity index (χ4v) is 2.55. The van der Waals surface area contributed by atoms with Gasteiger partial charge in [0.1, 0.15) is 18.0 Å². The van der Waals surface area contributed by atoms with Crippen LogP contribution in [-0.2, 0) is 11.4 Å². The summed E-state index contributed by atoms with van der Waals surface area (Å²) in [5, 5.41) is 3.16. The van der Waals surface area contributed by atoms with Gasteiger partial charge in [-0.1, -0.05) is 36.4 Å². The number of hydrogen-bond acceptors (Lipinski definition) is 4. The maximum Gasteiger partial charge on any atom is 0.160 e. The van der Waals surface area contributed by atoms with Crippen molar-refractivity contribution in [1.29, 1.82) is 0 Å². The number of benzene rings is 2. The highest BCUT2D eigenvalue weighted by atomic mass is 16.5. The minimum absolute atomic E-state index is 0.643. The van der Waals surface area contributed by atoms with Crippen molar-refractivity contribution in [3.05, 3.63) is 72.4 Å². The maximum absolute atomic E-state index is 11.1. The summed E-state index contributed by atoms with van der Waals surface area (Å²) in [5.41, 5.74) is 1.63. The molecule has 3 aliphatic heterocycles. The van der Waals surface area contributed by atoms with Crippen molar-refractivity contribution >= 4 is 12.0 Å². The molecule has 4 nitrogen and oxygen atoms in total. The van der Waals surface area contributed by atoms with E-state index in [-0.39, 0.29) is 0 Å². The first-order valence-corrected chi connectivity index (χ1v) is 7.65. The van der Waals surface area contributed by atoms with Crippen molar-refractivity contribution in [1.82, 2.24) is 5.32 Å². The Hall–Kier alpha value is -2.59. The fourth-order valence-electron chi connectivity index (χ4n) is 2.55. The van der Waals surface area contributed by atoms with Crippen molar-refractivity contribution in [2.45, 2.75) is 19.2 Å². The Morgan fingerprint density at radius 3 is 2.35 bits per heavy atom. The van der Waals surface area contributed by atoms with Gasteiger partial charge < -0.3 is 9.64 Å². The lowest BCUT2D eigenvalue weighted by Gasteiger charge is -2.39. The fraction of sp³-hybridized carbons (Fsp3) is 0.211. The van der Waals surface area contributed by atoms with Gasteiger partial charge in [-0.15, -0.1) is 0 Å². The van der Waals surface area contributed by atoms with Crippen LogP contribution in [0.2, 0.25) is 0 Å². The molecule has 1 N–H and O–H groups in total. The largest absolute Gasteiger partial charge is 0.489 e. The highest BCUT2D eigenvalue weighted by Crippen LogP contribution is 2.23. The smallest absolute Gasteiger partial charge is 0.160 e. The van der Waals surface area contributed by atoms with Gasteiger partial charge in [0.25, 0.3) is 0 Å². The van der Waals surface area contributed by atoms with E-state index < -0.39 is 5.66 Å². The molecule has 0 saturated carbocycles. The zero-order valence-corrected chi connectivity index (χ0v) is 13.1. The average molecular weight is 308 g/mol. The molecule has 0 aliphatic carbocycles. The van der Waals surface area contributed by atoms with Crippen LogP contribution < -0.4 is 15.0 Å². The Bertz CT molecular complexity index is 659. The average Bonchev–Trinajstić information content (AvgIpc) is 2.65. The molecule has 2 bridgehead atoms. The van der Waals surface area contributed by atoms with Gasteiger partial charge in [0.05, 0.1) is 0 Å². The number of anilines is 1. The summed E-state index contributed by atoms with van der Waals surface area (Å²) in [4.78, 5) is 13.1. The molecule has 0 fully saturated rings. The standard InChI is InChI=1S/C12H14N2O.C7H6O/c1-12(10-15)13-8-5-9-14(12)11-6-3-2-4-7-11;1-3-7-4-2-6(1)5-8-7/h2-7,9-10,13H,8H2,1H3;1-4H,5H2. The number of rotatable bonds is 2. The molecule has 2 aromatic carbocycles. The van der Waals surface area contributed by atoms with Gasteiger partial charge in [-0.2, -0.15) is 0 Å². The number of para-hydroxylation sites is 1. The lowest BCUT2D eigenvalue weighted by molar-refractivity contribution is -0.112. The van der Waals surface area contributed by atoms with Gasteiger partial charge in [0.2, 0.25) is 0 Å². The third kappa shape index (κ3) is 3.43. The normalized spacial score (nSPS) is 21.2. The summed E-state index contributed by atoms with van der Waals surface area (Å²) in [7, 11) is 0. The summed E-state index contributed by atoms with van der Waals surface area (Å²) in [5.74, 6) is 0.986. The van der Waals surface area contributed by atoms with Crippen LogP contribution in [0.1, 0.15) is 12.5 Å². The second-order valence-corrected chi connectivity index (χ2v) is 5.67. The predicted molar refractivity (Wildman–Crippen MR) is 91.3 cm³/mol. The number of ether oxygens (including phenoxy) is 1. The van der Waals surface area contributed by atoms with Crippen molar-refractivity contribution in [2.75, 3.05) is 11.4 Å². The molecular formula is C19H20N2O2. The number of fused-ring (bicyclic) bond motifs is 3. The van der Waals surface area contributed by atoms with Crippen LogP contribution >= 0.6 is 0 Å². The van der Waals surface area contributed by atoms with Gasteiger partial charge in [-0.3, -0.25) is 10.1 Å². The molecule has 3 aliphatic rings.